The van der Waals surface area contributed by atoms with E-state index in [1.54, 1.807) is 0 Å². The first-order valence-corrected chi connectivity index (χ1v) is 5.44. The standard InChI is InChI=1S/C10H7ClF2N2O4.ClH/c11-7-2-1-5(15(17)18)3-6(7)8-10(12,13)4-19-9(16)14-8;/h1-3,8H,4H2,(H,14,16);1H/t8-;/m0./s1. The molecule has 1 aliphatic heterocycles. The molecule has 1 heterocycles. The van der Waals surface area contributed by atoms with E-state index >= 15 is 0 Å². The van der Waals surface area contributed by atoms with Crippen LogP contribution in [0.2, 0.25) is 5.02 Å². The van der Waals surface area contributed by atoms with Gasteiger partial charge < -0.3 is 10.1 Å². The Balaban J connectivity index is 0.00000200. The molecule has 1 fully saturated rings. The highest BCUT2D eigenvalue weighted by molar-refractivity contribution is 6.31. The molecule has 1 amide bonds. The molecule has 0 bridgehead atoms. The number of nitrogens with zero attached hydrogens (tertiary/aromatic N) is 1. The smallest absolute Gasteiger partial charge is 0.408 e. The highest BCUT2D eigenvalue weighted by atomic mass is 35.5. The highest BCUT2D eigenvalue weighted by Crippen LogP contribution is 2.38. The topological polar surface area (TPSA) is 81.5 Å². The number of halogens is 4. The van der Waals surface area contributed by atoms with Gasteiger partial charge in [0.15, 0.2) is 6.61 Å². The molecule has 0 unspecified atom stereocenters. The molecule has 2 rings (SSSR count). The summed E-state index contributed by atoms with van der Waals surface area (Å²) in [7, 11) is 0. The van der Waals surface area contributed by atoms with Crippen LogP contribution in [0.15, 0.2) is 18.2 Å². The Kier molecular flexibility index (Phi) is 4.72. The lowest BCUT2D eigenvalue weighted by molar-refractivity contribution is -0.385. The molecule has 0 aromatic heterocycles. The number of carbonyl (C=O) groups excluding carboxylic acids is 1. The fourth-order valence-electron chi connectivity index (χ4n) is 1.68. The summed E-state index contributed by atoms with van der Waals surface area (Å²) in [5.74, 6) is -3.41. The monoisotopic (exact) mass is 328 g/mol. The zero-order valence-corrected chi connectivity index (χ0v) is 11.2. The minimum absolute atomic E-state index is 0. The van der Waals surface area contributed by atoms with E-state index in [4.69, 9.17) is 11.6 Å². The highest BCUT2D eigenvalue weighted by Gasteiger charge is 2.47. The lowest BCUT2D eigenvalue weighted by Crippen LogP contribution is -2.49. The number of ether oxygens (including phenoxy) is 1. The maximum atomic E-state index is 13.7. The van der Waals surface area contributed by atoms with Gasteiger partial charge in [0.2, 0.25) is 0 Å². The van der Waals surface area contributed by atoms with E-state index in [1.807, 2.05) is 5.32 Å². The van der Waals surface area contributed by atoms with Crippen molar-refractivity contribution in [1.82, 2.24) is 5.32 Å². The number of benzene rings is 1. The number of hydrogen-bond acceptors (Lipinski definition) is 4. The van der Waals surface area contributed by atoms with E-state index in [2.05, 4.69) is 4.74 Å². The molecule has 1 aromatic rings. The van der Waals surface area contributed by atoms with Gasteiger partial charge in [-0.25, -0.2) is 13.6 Å². The first-order chi connectivity index (χ1) is 8.81. The predicted molar refractivity (Wildman–Crippen MR) is 67.5 cm³/mol. The quantitative estimate of drug-likeness (QED) is 0.668. The number of cyclic esters (lactones) is 1. The van der Waals surface area contributed by atoms with Crippen LogP contribution in [0.3, 0.4) is 0 Å². The number of alkyl carbamates (subject to hydrolysis) is 1. The van der Waals surface area contributed by atoms with Crippen LogP contribution in [0.5, 0.6) is 0 Å². The lowest BCUT2D eigenvalue weighted by atomic mass is 9.99. The second kappa shape index (κ2) is 5.76. The minimum atomic E-state index is -3.41. The van der Waals surface area contributed by atoms with Crippen molar-refractivity contribution in [2.45, 2.75) is 12.0 Å². The van der Waals surface area contributed by atoms with Crippen molar-refractivity contribution < 1.29 is 23.2 Å². The molecule has 6 nitrogen and oxygen atoms in total. The first kappa shape index (κ1) is 16.4. The van der Waals surface area contributed by atoms with Crippen molar-refractivity contribution in [3.05, 3.63) is 38.9 Å². The minimum Gasteiger partial charge on any atom is -0.443 e. The third-order valence-electron chi connectivity index (χ3n) is 2.58. The van der Waals surface area contributed by atoms with Crippen LogP contribution in [0.1, 0.15) is 11.6 Å². The van der Waals surface area contributed by atoms with Gasteiger partial charge in [-0.2, -0.15) is 0 Å². The number of non-ortho nitro benzene ring substituents is 1. The van der Waals surface area contributed by atoms with Gasteiger partial charge in [0, 0.05) is 22.7 Å². The second-order valence-corrected chi connectivity index (χ2v) is 4.28. The van der Waals surface area contributed by atoms with Crippen molar-refractivity contribution in [3.63, 3.8) is 0 Å². The summed E-state index contributed by atoms with van der Waals surface area (Å²) >= 11 is 5.76. The Morgan fingerprint density at radius 1 is 1.50 bits per heavy atom. The van der Waals surface area contributed by atoms with Crippen LogP contribution in [-0.2, 0) is 4.74 Å². The van der Waals surface area contributed by atoms with Gasteiger partial charge >= 0.3 is 12.0 Å². The number of alkyl halides is 2. The van der Waals surface area contributed by atoms with Crippen molar-refractivity contribution in [1.29, 1.82) is 0 Å². The van der Waals surface area contributed by atoms with Gasteiger partial charge in [-0.1, -0.05) is 11.6 Å². The lowest BCUT2D eigenvalue weighted by Gasteiger charge is -2.32. The maximum Gasteiger partial charge on any atom is 0.408 e. The first-order valence-electron chi connectivity index (χ1n) is 5.06. The van der Waals surface area contributed by atoms with Crippen LogP contribution in [-0.4, -0.2) is 23.5 Å². The van der Waals surface area contributed by atoms with Gasteiger partial charge in [-0.05, 0) is 6.07 Å². The Morgan fingerprint density at radius 2 is 2.15 bits per heavy atom. The second-order valence-electron chi connectivity index (χ2n) is 3.88. The van der Waals surface area contributed by atoms with Crippen molar-refractivity contribution in [2.24, 2.45) is 0 Å². The van der Waals surface area contributed by atoms with Gasteiger partial charge in [-0.3, -0.25) is 10.1 Å². The summed E-state index contributed by atoms with van der Waals surface area (Å²) < 4.78 is 31.5. The summed E-state index contributed by atoms with van der Waals surface area (Å²) in [4.78, 5) is 20.9. The van der Waals surface area contributed by atoms with E-state index in [0.717, 1.165) is 18.2 Å². The van der Waals surface area contributed by atoms with E-state index in [0.29, 0.717) is 0 Å². The zero-order valence-electron chi connectivity index (χ0n) is 9.64. The molecule has 0 aliphatic carbocycles. The molecule has 1 atom stereocenters. The van der Waals surface area contributed by atoms with Crippen LogP contribution in [0.4, 0.5) is 19.3 Å². The number of hydrogen-bond donors (Lipinski definition) is 1. The third kappa shape index (κ3) is 3.07. The average molecular weight is 329 g/mol. The van der Waals surface area contributed by atoms with Crippen molar-refractivity contribution >= 4 is 35.8 Å². The van der Waals surface area contributed by atoms with Crippen LogP contribution >= 0.6 is 24.0 Å². The molecular formula is C10H8Cl2F2N2O4. The molecule has 110 valence electrons. The van der Waals surface area contributed by atoms with Crippen LogP contribution in [0, 0.1) is 10.1 Å². The molecule has 10 heteroatoms. The number of nitrogens with one attached hydrogen (secondary N) is 1. The summed E-state index contributed by atoms with van der Waals surface area (Å²) in [6, 6.07) is 1.37. The summed E-state index contributed by atoms with van der Waals surface area (Å²) in [6.45, 7) is -1.11. The molecule has 0 spiro atoms. The number of rotatable bonds is 2. The van der Waals surface area contributed by atoms with Gasteiger partial charge in [0.1, 0.15) is 6.04 Å². The maximum absolute atomic E-state index is 13.7. The Hall–Kier alpha value is -1.67. The third-order valence-corrected chi connectivity index (χ3v) is 2.93. The van der Waals surface area contributed by atoms with Gasteiger partial charge in [0.25, 0.3) is 5.69 Å². The summed E-state index contributed by atoms with van der Waals surface area (Å²) in [6.07, 6.45) is -1.03. The van der Waals surface area contributed by atoms with Crippen molar-refractivity contribution in [2.75, 3.05) is 6.61 Å². The molecule has 20 heavy (non-hydrogen) atoms. The Labute approximate surface area is 122 Å². The average Bonchev–Trinajstić information content (AvgIpc) is 2.33. The zero-order chi connectivity index (χ0) is 14.2. The molecule has 0 radical (unpaired) electrons. The molecule has 0 saturated carbocycles. The Bertz CT molecular complexity index is 556. The number of nitro benzene ring substituents is 1. The van der Waals surface area contributed by atoms with Crippen LogP contribution in [0.25, 0.3) is 0 Å². The molecule has 1 aromatic carbocycles. The Morgan fingerprint density at radius 3 is 2.75 bits per heavy atom. The summed E-state index contributed by atoms with van der Waals surface area (Å²) in [5, 5.41) is 12.4. The summed E-state index contributed by atoms with van der Waals surface area (Å²) in [5.41, 5.74) is -0.617. The molecule has 1 N–H and O–H groups in total. The predicted octanol–water partition coefficient (Wildman–Crippen LogP) is 3.09. The molecule has 1 saturated heterocycles. The van der Waals surface area contributed by atoms with Crippen LogP contribution < -0.4 is 5.32 Å². The fourth-order valence-corrected chi connectivity index (χ4v) is 1.91. The van der Waals surface area contributed by atoms with Crippen molar-refractivity contribution in [3.8, 4) is 0 Å². The normalized spacial score (nSPS) is 20.4. The van der Waals surface area contributed by atoms with Gasteiger partial charge in [-0.15, -0.1) is 12.4 Å². The van der Waals surface area contributed by atoms with E-state index in [9.17, 15) is 23.7 Å². The number of amides is 1. The van der Waals surface area contributed by atoms with E-state index < -0.39 is 35.3 Å². The molecule has 1 aliphatic rings. The van der Waals surface area contributed by atoms with Gasteiger partial charge in [0.05, 0.1) is 4.92 Å². The van der Waals surface area contributed by atoms with E-state index in [1.165, 1.54) is 0 Å². The van der Waals surface area contributed by atoms with E-state index in [-0.39, 0.29) is 23.0 Å². The fraction of sp³-hybridized carbons (Fsp3) is 0.300. The SMILES string of the molecule is Cl.O=C1N[C@@H](c2cc([N+](=O)[O-])ccc2Cl)C(F)(F)CO1. The largest absolute Gasteiger partial charge is 0.443 e. The number of carbonyl (C=O) groups is 1. The molecular weight excluding hydrogens is 321 g/mol. The number of nitro groups is 1.